The van der Waals surface area contributed by atoms with Crippen LogP contribution in [-0.2, 0) is 4.74 Å². The Hall–Kier alpha value is -0.120. The number of hydrogen-bond acceptors (Lipinski definition) is 3. The van der Waals surface area contributed by atoms with Crippen LogP contribution in [0.4, 0.5) is 0 Å². The van der Waals surface area contributed by atoms with E-state index in [0.29, 0.717) is 12.1 Å². The van der Waals surface area contributed by atoms with E-state index in [1.807, 2.05) is 0 Å². The first-order chi connectivity index (χ1) is 7.38. The van der Waals surface area contributed by atoms with Gasteiger partial charge in [-0.1, -0.05) is 19.3 Å². The van der Waals surface area contributed by atoms with Gasteiger partial charge in [-0.25, -0.2) is 0 Å². The molecule has 1 aliphatic heterocycles. The van der Waals surface area contributed by atoms with Crippen molar-refractivity contribution in [2.45, 2.75) is 63.5 Å². The summed E-state index contributed by atoms with van der Waals surface area (Å²) in [6.45, 7) is 0.966. The first-order valence-corrected chi connectivity index (χ1v) is 6.46. The molecule has 0 aromatic rings. The van der Waals surface area contributed by atoms with Crippen molar-refractivity contribution in [3.63, 3.8) is 0 Å². The normalized spacial score (nSPS) is 29.0. The maximum Gasteiger partial charge on any atom is 0.0576 e. The topological polar surface area (TPSA) is 47.3 Å². The summed E-state index contributed by atoms with van der Waals surface area (Å²) >= 11 is 0. The largest absolute Gasteiger partial charge is 0.378 e. The van der Waals surface area contributed by atoms with Crippen molar-refractivity contribution < 1.29 is 4.74 Å². The average molecular weight is 212 g/mol. The highest BCUT2D eigenvalue weighted by molar-refractivity contribution is 4.77. The van der Waals surface area contributed by atoms with Crippen LogP contribution in [0.1, 0.15) is 51.4 Å². The van der Waals surface area contributed by atoms with Gasteiger partial charge in [-0.3, -0.25) is 11.3 Å². The molecule has 0 aromatic heterocycles. The van der Waals surface area contributed by atoms with Gasteiger partial charge in [0.15, 0.2) is 0 Å². The lowest BCUT2D eigenvalue weighted by Crippen LogP contribution is -2.38. The van der Waals surface area contributed by atoms with E-state index in [4.69, 9.17) is 10.6 Å². The standard InChI is InChI=1S/C12H24N2O/c13-14-11(9-10-3-1-4-10)6-7-12-5-2-8-15-12/h10-12,14H,1-9,13H2. The second-order valence-corrected chi connectivity index (χ2v) is 5.11. The lowest BCUT2D eigenvalue weighted by atomic mass is 9.80. The molecule has 2 rings (SSSR count). The van der Waals surface area contributed by atoms with E-state index in [9.17, 15) is 0 Å². The minimum Gasteiger partial charge on any atom is -0.378 e. The van der Waals surface area contributed by atoms with Crippen molar-refractivity contribution >= 4 is 0 Å². The third-order valence-electron chi connectivity index (χ3n) is 3.94. The van der Waals surface area contributed by atoms with Crippen LogP contribution < -0.4 is 11.3 Å². The van der Waals surface area contributed by atoms with E-state index in [1.54, 1.807) is 0 Å². The van der Waals surface area contributed by atoms with Crippen LogP contribution in [0, 0.1) is 5.92 Å². The lowest BCUT2D eigenvalue weighted by molar-refractivity contribution is 0.0976. The number of hydrogen-bond donors (Lipinski definition) is 2. The Kier molecular flexibility index (Phi) is 4.42. The zero-order valence-electron chi connectivity index (χ0n) is 9.58. The minimum atomic E-state index is 0.513. The predicted molar refractivity (Wildman–Crippen MR) is 61.3 cm³/mol. The molecule has 0 radical (unpaired) electrons. The molecule has 15 heavy (non-hydrogen) atoms. The molecule has 2 atom stereocenters. The Labute approximate surface area is 92.7 Å². The molecule has 1 heterocycles. The van der Waals surface area contributed by atoms with Gasteiger partial charge in [0.1, 0.15) is 0 Å². The molecule has 0 bridgehead atoms. The van der Waals surface area contributed by atoms with Crippen molar-refractivity contribution in [3.05, 3.63) is 0 Å². The molecule has 1 saturated carbocycles. The van der Waals surface area contributed by atoms with Gasteiger partial charge in [0.05, 0.1) is 6.10 Å². The van der Waals surface area contributed by atoms with E-state index >= 15 is 0 Å². The van der Waals surface area contributed by atoms with Gasteiger partial charge in [0.25, 0.3) is 0 Å². The second-order valence-electron chi connectivity index (χ2n) is 5.11. The quantitative estimate of drug-likeness (QED) is 0.523. The minimum absolute atomic E-state index is 0.513. The zero-order chi connectivity index (χ0) is 10.5. The van der Waals surface area contributed by atoms with Gasteiger partial charge in [-0.2, -0.15) is 0 Å². The van der Waals surface area contributed by atoms with Crippen LogP contribution in [0.25, 0.3) is 0 Å². The highest BCUT2D eigenvalue weighted by Gasteiger charge is 2.23. The van der Waals surface area contributed by atoms with Crippen molar-refractivity contribution in [2.24, 2.45) is 11.8 Å². The molecule has 3 nitrogen and oxygen atoms in total. The van der Waals surface area contributed by atoms with Crippen LogP contribution in [0.3, 0.4) is 0 Å². The molecule has 2 unspecified atom stereocenters. The Bertz CT molecular complexity index is 176. The summed E-state index contributed by atoms with van der Waals surface area (Å²) in [6, 6.07) is 0.513. The van der Waals surface area contributed by atoms with E-state index in [2.05, 4.69) is 5.43 Å². The Balaban J connectivity index is 1.60. The maximum absolute atomic E-state index is 5.62. The number of ether oxygens (including phenoxy) is 1. The van der Waals surface area contributed by atoms with Crippen LogP contribution in [0.15, 0.2) is 0 Å². The van der Waals surface area contributed by atoms with Gasteiger partial charge in [0.2, 0.25) is 0 Å². The Morgan fingerprint density at radius 3 is 2.67 bits per heavy atom. The van der Waals surface area contributed by atoms with Gasteiger partial charge < -0.3 is 4.74 Å². The van der Waals surface area contributed by atoms with E-state index in [0.717, 1.165) is 12.5 Å². The monoisotopic (exact) mass is 212 g/mol. The molecule has 3 heteroatoms. The molecular weight excluding hydrogens is 188 g/mol. The van der Waals surface area contributed by atoms with Crippen LogP contribution in [0.2, 0.25) is 0 Å². The Morgan fingerprint density at radius 2 is 2.13 bits per heavy atom. The van der Waals surface area contributed by atoms with Gasteiger partial charge in [-0.05, 0) is 38.0 Å². The highest BCUT2D eigenvalue weighted by atomic mass is 16.5. The average Bonchev–Trinajstić information content (AvgIpc) is 2.68. The molecule has 1 aliphatic carbocycles. The maximum atomic E-state index is 5.62. The third-order valence-corrected chi connectivity index (χ3v) is 3.94. The fourth-order valence-electron chi connectivity index (χ4n) is 2.66. The molecule has 88 valence electrons. The number of nitrogens with two attached hydrogens (primary N) is 1. The molecule has 2 fully saturated rings. The first kappa shape index (κ1) is 11.4. The van der Waals surface area contributed by atoms with E-state index in [-0.39, 0.29) is 0 Å². The predicted octanol–water partition coefficient (Wildman–Crippen LogP) is 1.97. The summed E-state index contributed by atoms with van der Waals surface area (Å²) in [5, 5.41) is 0. The summed E-state index contributed by atoms with van der Waals surface area (Å²) in [4.78, 5) is 0. The SMILES string of the molecule is NNC(CCC1CCCO1)CC1CCC1. The van der Waals surface area contributed by atoms with Gasteiger partial charge in [0, 0.05) is 12.6 Å². The van der Waals surface area contributed by atoms with Crippen LogP contribution >= 0.6 is 0 Å². The summed E-state index contributed by atoms with van der Waals surface area (Å²) in [5.41, 5.74) is 2.97. The van der Waals surface area contributed by atoms with Gasteiger partial charge >= 0.3 is 0 Å². The molecule has 3 N–H and O–H groups in total. The van der Waals surface area contributed by atoms with E-state index in [1.165, 1.54) is 51.4 Å². The van der Waals surface area contributed by atoms with Crippen molar-refractivity contribution in [1.82, 2.24) is 5.43 Å². The van der Waals surface area contributed by atoms with Crippen molar-refractivity contribution in [2.75, 3.05) is 6.61 Å². The van der Waals surface area contributed by atoms with Crippen molar-refractivity contribution in [3.8, 4) is 0 Å². The van der Waals surface area contributed by atoms with Gasteiger partial charge in [-0.15, -0.1) is 0 Å². The lowest BCUT2D eigenvalue weighted by Gasteiger charge is -2.29. The summed E-state index contributed by atoms with van der Waals surface area (Å²) in [5.74, 6) is 6.53. The molecule has 0 aromatic carbocycles. The van der Waals surface area contributed by atoms with Crippen LogP contribution in [0.5, 0.6) is 0 Å². The number of rotatable bonds is 6. The highest BCUT2D eigenvalue weighted by Crippen LogP contribution is 2.31. The van der Waals surface area contributed by atoms with E-state index < -0.39 is 0 Å². The summed E-state index contributed by atoms with van der Waals surface area (Å²) < 4.78 is 5.62. The molecule has 0 amide bonds. The smallest absolute Gasteiger partial charge is 0.0576 e. The van der Waals surface area contributed by atoms with Crippen molar-refractivity contribution in [1.29, 1.82) is 0 Å². The van der Waals surface area contributed by atoms with Crippen LogP contribution in [-0.4, -0.2) is 18.8 Å². The second kappa shape index (κ2) is 5.83. The molecular formula is C12H24N2O. The number of hydrazine groups is 1. The molecule has 0 spiro atoms. The zero-order valence-corrected chi connectivity index (χ0v) is 9.58. The Morgan fingerprint density at radius 1 is 1.27 bits per heavy atom. The third kappa shape index (κ3) is 3.44. The fraction of sp³-hybridized carbons (Fsp3) is 1.00. The fourth-order valence-corrected chi connectivity index (χ4v) is 2.66. The summed E-state index contributed by atoms with van der Waals surface area (Å²) in [6.07, 6.45) is 10.9. The summed E-state index contributed by atoms with van der Waals surface area (Å²) in [7, 11) is 0. The number of nitrogens with one attached hydrogen (secondary N) is 1. The first-order valence-electron chi connectivity index (χ1n) is 6.46. The molecule has 2 aliphatic rings. The molecule has 1 saturated heterocycles.